The molecule has 41 heavy (non-hydrogen) atoms. The van der Waals surface area contributed by atoms with Gasteiger partial charge in [-0.2, -0.15) is 4.99 Å². The lowest BCUT2D eigenvalue weighted by atomic mass is 10.2. The van der Waals surface area contributed by atoms with Crippen LogP contribution in [0, 0.1) is 4.91 Å². The Morgan fingerprint density at radius 3 is 2.32 bits per heavy atom. The fourth-order valence-corrected chi connectivity index (χ4v) is 5.16. The van der Waals surface area contributed by atoms with Crippen molar-refractivity contribution in [2.24, 2.45) is 4.99 Å². The molecule has 0 atom stereocenters. The van der Waals surface area contributed by atoms with Crippen LogP contribution in [0.2, 0.25) is 0 Å². The van der Waals surface area contributed by atoms with Gasteiger partial charge in [-0.1, -0.05) is 40.1 Å². The second-order valence-corrected chi connectivity index (χ2v) is 10.4. The lowest BCUT2D eigenvalue weighted by Crippen LogP contribution is -2.22. The summed E-state index contributed by atoms with van der Waals surface area (Å²) in [4.78, 5) is 40.2. The van der Waals surface area contributed by atoms with Gasteiger partial charge in [-0.15, -0.1) is 0 Å². The molecule has 0 fully saturated rings. The van der Waals surface area contributed by atoms with Gasteiger partial charge < -0.3 is 9.47 Å². The molecule has 0 aliphatic rings. The first-order valence-corrected chi connectivity index (χ1v) is 14.0. The second-order valence-electron chi connectivity index (χ2n) is 8.40. The molecule has 1 aromatic heterocycles. The molecule has 0 aliphatic carbocycles. The largest absolute Gasteiger partial charge is 0.427 e. The van der Waals surface area contributed by atoms with Gasteiger partial charge in [-0.3, -0.25) is 4.79 Å². The number of ether oxygens (including phenoxy) is 2. The van der Waals surface area contributed by atoms with Crippen LogP contribution in [0.1, 0.15) is 24.1 Å². The molecule has 1 N–H and O–H groups in total. The van der Waals surface area contributed by atoms with Crippen LogP contribution in [0.25, 0.3) is 6.08 Å². The minimum Gasteiger partial charge on any atom is -0.427 e. The molecule has 208 valence electrons. The van der Waals surface area contributed by atoms with Crippen molar-refractivity contribution >= 4 is 50.9 Å². The molecule has 4 rings (SSSR count). The highest BCUT2D eigenvalue weighted by Crippen LogP contribution is 2.22. The summed E-state index contributed by atoms with van der Waals surface area (Å²) in [5.74, 6) is -0.501. The van der Waals surface area contributed by atoms with Crippen molar-refractivity contribution in [1.82, 2.24) is 5.16 Å². The Bertz CT molecular complexity index is 1770. The number of nitrogens with one attached hydrogen (secondary N) is 1. The third kappa shape index (κ3) is 7.79. The van der Waals surface area contributed by atoms with Crippen molar-refractivity contribution in [2.45, 2.75) is 29.2 Å². The van der Waals surface area contributed by atoms with Crippen molar-refractivity contribution in [2.75, 3.05) is 0 Å². The molecular formula is C28H22N3O8S2+. The van der Waals surface area contributed by atoms with E-state index in [1.807, 2.05) is 0 Å². The van der Waals surface area contributed by atoms with E-state index in [-0.39, 0.29) is 40.2 Å². The van der Waals surface area contributed by atoms with E-state index in [0.29, 0.717) is 17.0 Å². The second kappa shape index (κ2) is 13.4. The van der Waals surface area contributed by atoms with E-state index in [9.17, 15) is 22.9 Å². The number of nitrogens with zero attached hydrogens (tertiary/aromatic N) is 2. The van der Waals surface area contributed by atoms with Gasteiger partial charge in [0.05, 0.1) is 15.7 Å². The number of hydrogen-bond donors (Lipinski definition) is 1. The monoisotopic (exact) mass is 592 g/mol. The van der Waals surface area contributed by atoms with Gasteiger partial charge in [0.2, 0.25) is 5.69 Å². The lowest BCUT2D eigenvalue weighted by molar-refractivity contribution is -0.744. The Morgan fingerprint density at radius 1 is 0.976 bits per heavy atom. The number of aliphatic imine (C=N–C) groups is 1. The highest BCUT2D eigenvalue weighted by molar-refractivity contribution is 7.91. The van der Waals surface area contributed by atoms with Gasteiger partial charge in [-0.25, -0.2) is 13.2 Å². The summed E-state index contributed by atoms with van der Waals surface area (Å²) in [5, 5.41) is 4.01. The number of esters is 2. The Labute approximate surface area is 239 Å². The Kier molecular flexibility index (Phi) is 9.48. The number of rotatable bonds is 11. The van der Waals surface area contributed by atoms with E-state index in [2.05, 4.69) is 32.2 Å². The van der Waals surface area contributed by atoms with Crippen LogP contribution < -0.4 is 14.1 Å². The SMILES string of the molecule is O=C(/C=C/c1ccc(OC(=O)CCCc2[nH]o[n+](=O)c2S(=O)(=O)c2ccccc2)cc1)Oc1ccc(N=C=S)cc1. The number of benzene rings is 3. The van der Waals surface area contributed by atoms with Gasteiger partial charge in [0.25, 0.3) is 9.84 Å². The number of thiocarbonyl (C=S) groups is 1. The highest BCUT2D eigenvalue weighted by atomic mass is 32.2. The van der Waals surface area contributed by atoms with Gasteiger partial charge in [0.15, 0.2) is 4.60 Å². The van der Waals surface area contributed by atoms with E-state index in [1.54, 1.807) is 72.8 Å². The molecule has 0 radical (unpaired) electrons. The van der Waals surface area contributed by atoms with Crippen molar-refractivity contribution in [3.8, 4) is 11.5 Å². The number of carbonyl (C=O) groups excluding carboxylic acids is 2. The van der Waals surface area contributed by atoms with E-state index in [0.717, 1.165) is 0 Å². The number of aromatic amines is 1. The van der Waals surface area contributed by atoms with Crippen molar-refractivity contribution in [3.05, 3.63) is 101 Å². The third-order valence-electron chi connectivity index (χ3n) is 5.55. The summed E-state index contributed by atoms with van der Waals surface area (Å²) in [6, 6.07) is 20.3. The standard InChI is InChI=1S/C28H22N3O8S2/c32-26(8-4-7-25-28(31(34)39-30-25)41(35,36)24-5-2-1-3-6-24)37-22-14-9-20(10-15-22)11-18-27(33)38-23-16-12-21(13-17-23)29-19-40/h1-3,5-6,9-18,30H,4,7-8H2/q+1/b18-11+. The molecule has 0 saturated heterocycles. The summed E-state index contributed by atoms with van der Waals surface area (Å²) >= 11 is 4.54. The molecule has 0 saturated carbocycles. The first-order chi connectivity index (χ1) is 19.8. The van der Waals surface area contributed by atoms with Crippen LogP contribution >= 0.6 is 12.2 Å². The number of hydrogen-bond acceptors (Lipinski definition) is 10. The molecular weight excluding hydrogens is 570 g/mol. The fraction of sp³-hybridized carbons (Fsp3) is 0.107. The Morgan fingerprint density at radius 2 is 1.63 bits per heavy atom. The van der Waals surface area contributed by atoms with Crippen LogP contribution in [0.4, 0.5) is 5.69 Å². The minimum absolute atomic E-state index is 0.0450. The first kappa shape index (κ1) is 29.0. The van der Waals surface area contributed by atoms with Crippen LogP contribution in [-0.2, 0) is 25.8 Å². The van der Waals surface area contributed by atoms with Gasteiger partial charge in [0.1, 0.15) is 11.5 Å². The van der Waals surface area contributed by atoms with Crippen LogP contribution in [0.3, 0.4) is 0 Å². The van der Waals surface area contributed by atoms with Gasteiger partial charge in [-0.05, 0) is 83.7 Å². The van der Waals surface area contributed by atoms with E-state index >= 15 is 0 Å². The summed E-state index contributed by atoms with van der Waals surface area (Å²) in [6.07, 6.45) is 3.01. The van der Waals surface area contributed by atoms with E-state index in [4.69, 9.17) is 9.47 Å². The van der Waals surface area contributed by atoms with Crippen molar-refractivity contribution < 1.29 is 36.7 Å². The van der Waals surface area contributed by atoms with Crippen molar-refractivity contribution in [3.63, 3.8) is 0 Å². The summed E-state index contributed by atoms with van der Waals surface area (Å²) < 4.78 is 40.8. The maximum atomic E-state index is 12.9. The van der Waals surface area contributed by atoms with Crippen LogP contribution in [-0.4, -0.2) is 30.7 Å². The zero-order valence-corrected chi connectivity index (χ0v) is 22.9. The number of H-pyrrole nitrogens is 1. The average molecular weight is 593 g/mol. The number of carbonyl (C=O) groups is 2. The predicted molar refractivity (Wildman–Crippen MR) is 149 cm³/mol. The molecule has 13 heteroatoms. The highest BCUT2D eigenvalue weighted by Gasteiger charge is 2.34. The molecule has 4 aromatic rings. The smallest absolute Gasteiger partial charge is 0.362 e. The third-order valence-corrected chi connectivity index (χ3v) is 7.43. The molecule has 3 aromatic carbocycles. The number of isothiocyanates is 1. The molecule has 0 spiro atoms. The van der Waals surface area contributed by atoms with Gasteiger partial charge >= 0.3 is 17.0 Å². The lowest BCUT2D eigenvalue weighted by Gasteiger charge is -2.04. The molecule has 1 heterocycles. The zero-order chi connectivity index (χ0) is 29.2. The molecule has 11 nitrogen and oxygen atoms in total. The van der Waals surface area contributed by atoms with E-state index < -0.39 is 26.8 Å². The number of aryl methyl sites for hydroxylation is 1. The fourth-order valence-electron chi connectivity index (χ4n) is 3.62. The van der Waals surface area contributed by atoms with E-state index in [1.165, 1.54) is 18.2 Å². The molecule has 0 amide bonds. The summed E-state index contributed by atoms with van der Waals surface area (Å²) in [5.41, 5.74) is 1.30. The van der Waals surface area contributed by atoms with Gasteiger partial charge in [0, 0.05) is 18.9 Å². The minimum atomic E-state index is -4.12. The topological polar surface area (TPSA) is 151 Å². The number of sulfone groups is 1. The molecule has 0 bridgehead atoms. The maximum Gasteiger partial charge on any atom is 0.362 e. The molecule has 0 aliphatic heterocycles. The molecule has 0 unspecified atom stereocenters. The first-order valence-electron chi connectivity index (χ1n) is 12.1. The number of aromatic nitrogens is 2. The summed E-state index contributed by atoms with van der Waals surface area (Å²) in [7, 11) is -4.12. The van der Waals surface area contributed by atoms with Crippen LogP contribution in [0.15, 0.2) is 104 Å². The quantitative estimate of drug-likeness (QED) is 0.0864. The Hall–Kier alpha value is -4.97. The average Bonchev–Trinajstić information content (AvgIpc) is 3.35. The normalized spacial score (nSPS) is 11.1. The maximum absolute atomic E-state index is 12.9. The predicted octanol–water partition coefficient (Wildman–Crippen LogP) is 4.64. The van der Waals surface area contributed by atoms with Crippen LogP contribution in [0.5, 0.6) is 11.5 Å². The zero-order valence-electron chi connectivity index (χ0n) is 21.3. The Balaban J connectivity index is 1.27. The summed E-state index contributed by atoms with van der Waals surface area (Å²) in [6.45, 7) is 0. The van der Waals surface area contributed by atoms with Crippen molar-refractivity contribution in [1.29, 1.82) is 0 Å².